The fraction of sp³-hybridized carbons (Fsp3) is 0.0625. The standard InChI is InChI=1S/C16H13N/c17-13-16(15-11-7-4-8-12-15)14-9-5-2-1-3-6-10-14/h1-12,16H. The Kier molecular flexibility index (Phi) is 3.72. The first-order chi connectivity index (χ1) is 8.42. The molecule has 0 spiro atoms. The Bertz CT molecular complexity index is 524. The van der Waals surface area contributed by atoms with E-state index >= 15 is 0 Å². The molecule has 17 heavy (non-hydrogen) atoms. The maximum atomic E-state index is 9.33. The van der Waals surface area contributed by atoms with Crippen LogP contribution in [-0.4, -0.2) is 0 Å². The predicted molar refractivity (Wildman–Crippen MR) is 70.3 cm³/mol. The molecule has 82 valence electrons. The Morgan fingerprint density at radius 3 is 2.35 bits per heavy atom. The van der Waals surface area contributed by atoms with Crippen LogP contribution in [0.1, 0.15) is 11.5 Å². The van der Waals surface area contributed by atoms with E-state index in [1.165, 1.54) is 0 Å². The second-order valence-electron chi connectivity index (χ2n) is 3.77. The highest BCUT2D eigenvalue weighted by Crippen LogP contribution is 2.25. The molecule has 0 bridgehead atoms. The number of allylic oxidation sites excluding steroid dienone is 8. The SMILES string of the molecule is N#CC(C1=CC=CC=CC=C1)c1ccccc1. The van der Waals surface area contributed by atoms with Crippen LogP contribution in [-0.2, 0) is 0 Å². The Morgan fingerprint density at radius 2 is 1.59 bits per heavy atom. The van der Waals surface area contributed by atoms with Gasteiger partial charge in [-0.05, 0) is 11.1 Å². The minimum Gasteiger partial charge on any atom is -0.197 e. The zero-order valence-corrected chi connectivity index (χ0v) is 9.45. The van der Waals surface area contributed by atoms with Gasteiger partial charge in [0.15, 0.2) is 0 Å². The largest absolute Gasteiger partial charge is 0.197 e. The summed E-state index contributed by atoms with van der Waals surface area (Å²) in [5, 5.41) is 9.33. The van der Waals surface area contributed by atoms with Gasteiger partial charge in [0.25, 0.3) is 0 Å². The van der Waals surface area contributed by atoms with Crippen LogP contribution in [0.2, 0.25) is 0 Å². The zero-order valence-electron chi connectivity index (χ0n) is 9.45. The number of hydrogen-bond acceptors (Lipinski definition) is 1. The number of nitrogens with zero attached hydrogens (tertiary/aromatic N) is 1. The molecule has 1 unspecified atom stereocenters. The molecule has 1 atom stereocenters. The lowest BCUT2D eigenvalue weighted by molar-refractivity contribution is 1.04. The van der Waals surface area contributed by atoms with Crippen molar-refractivity contribution >= 4 is 0 Å². The summed E-state index contributed by atoms with van der Waals surface area (Å²) in [4.78, 5) is 0. The van der Waals surface area contributed by atoms with Crippen molar-refractivity contribution < 1.29 is 0 Å². The fourth-order valence-electron chi connectivity index (χ4n) is 1.76. The van der Waals surface area contributed by atoms with Gasteiger partial charge in [-0.25, -0.2) is 0 Å². The first kappa shape index (κ1) is 11.2. The average molecular weight is 219 g/mol. The van der Waals surface area contributed by atoms with Crippen molar-refractivity contribution in [2.45, 2.75) is 5.92 Å². The minimum atomic E-state index is -0.205. The summed E-state index contributed by atoms with van der Waals surface area (Å²) >= 11 is 0. The van der Waals surface area contributed by atoms with Gasteiger partial charge in [0.2, 0.25) is 0 Å². The van der Waals surface area contributed by atoms with Crippen molar-refractivity contribution in [2.24, 2.45) is 0 Å². The van der Waals surface area contributed by atoms with Crippen molar-refractivity contribution in [3.8, 4) is 6.07 Å². The van der Waals surface area contributed by atoms with Crippen molar-refractivity contribution in [2.75, 3.05) is 0 Å². The molecule has 2 rings (SSSR count). The molecular weight excluding hydrogens is 206 g/mol. The number of hydrogen-bond donors (Lipinski definition) is 0. The van der Waals surface area contributed by atoms with E-state index in [1.807, 2.05) is 72.9 Å². The lowest BCUT2D eigenvalue weighted by atomic mass is 9.91. The van der Waals surface area contributed by atoms with E-state index in [-0.39, 0.29) is 5.92 Å². The first-order valence-electron chi connectivity index (χ1n) is 5.58. The van der Waals surface area contributed by atoms with E-state index in [0.717, 1.165) is 11.1 Å². The third-order valence-corrected chi connectivity index (χ3v) is 2.62. The minimum absolute atomic E-state index is 0.205. The summed E-state index contributed by atoms with van der Waals surface area (Å²) in [6.07, 6.45) is 13.8. The smallest absolute Gasteiger partial charge is 0.0962 e. The van der Waals surface area contributed by atoms with Gasteiger partial charge in [-0.15, -0.1) is 0 Å². The molecule has 1 nitrogen and oxygen atoms in total. The number of rotatable bonds is 2. The molecule has 0 N–H and O–H groups in total. The van der Waals surface area contributed by atoms with Gasteiger partial charge >= 0.3 is 0 Å². The topological polar surface area (TPSA) is 23.8 Å². The summed E-state index contributed by atoms with van der Waals surface area (Å²) in [6.45, 7) is 0. The van der Waals surface area contributed by atoms with Crippen LogP contribution in [0.15, 0.2) is 78.4 Å². The molecule has 0 aliphatic heterocycles. The second-order valence-corrected chi connectivity index (χ2v) is 3.77. The third-order valence-electron chi connectivity index (χ3n) is 2.62. The Labute approximate surface area is 102 Å². The summed E-state index contributed by atoms with van der Waals surface area (Å²) in [5.74, 6) is -0.205. The normalized spacial score (nSPS) is 15.6. The van der Waals surface area contributed by atoms with Crippen molar-refractivity contribution in [1.82, 2.24) is 0 Å². The predicted octanol–water partition coefficient (Wildman–Crippen LogP) is 3.90. The highest BCUT2D eigenvalue weighted by atomic mass is 14.3. The van der Waals surface area contributed by atoms with E-state index in [1.54, 1.807) is 0 Å². The first-order valence-corrected chi connectivity index (χ1v) is 5.58. The molecule has 1 heteroatoms. The van der Waals surface area contributed by atoms with Crippen LogP contribution in [0.3, 0.4) is 0 Å². The van der Waals surface area contributed by atoms with Crippen molar-refractivity contribution in [1.29, 1.82) is 5.26 Å². The lowest BCUT2D eigenvalue weighted by Gasteiger charge is -2.10. The summed E-state index contributed by atoms with van der Waals surface area (Å²) in [7, 11) is 0. The summed E-state index contributed by atoms with van der Waals surface area (Å²) in [6, 6.07) is 12.2. The maximum absolute atomic E-state index is 9.33. The molecule has 1 aromatic rings. The van der Waals surface area contributed by atoms with Crippen LogP contribution in [0.5, 0.6) is 0 Å². The van der Waals surface area contributed by atoms with E-state index in [0.29, 0.717) is 0 Å². The van der Waals surface area contributed by atoms with Gasteiger partial charge in [0, 0.05) is 0 Å². The Hall–Kier alpha value is -2.33. The molecule has 0 amide bonds. The quantitative estimate of drug-likeness (QED) is 0.740. The van der Waals surface area contributed by atoms with Gasteiger partial charge in [-0.2, -0.15) is 5.26 Å². The third kappa shape index (κ3) is 2.83. The van der Waals surface area contributed by atoms with Crippen LogP contribution in [0, 0.1) is 11.3 Å². The number of nitriles is 1. The summed E-state index contributed by atoms with van der Waals surface area (Å²) < 4.78 is 0. The van der Waals surface area contributed by atoms with Crippen LogP contribution in [0.4, 0.5) is 0 Å². The molecule has 0 saturated heterocycles. The molecule has 1 aromatic carbocycles. The zero-order chi connectivity index (χ0) is 11.9. The van der Waals surface area contributed by atoms with Gasteiger partial charge in [-0.1, -0.05) is 72.9 Å². The van der Waals surface area contributed by atoms with E-state index in [4.69, 9.17) is 0 Å². The highest BCUT2D eigenvalue weighted by Gasteiger charge is 2.12. The van der Waals surface area contributed by atoms with Gasteiger partial charge in [0.1, 0.15) is 0 Å². The molecule has 0 saturated carbocycles. The highest BCUT2D eigenvalue weighted by molar-refractivity contribution is 5.43. The van der Waals surface area contributed by atoms with E-state index in [9.17, 15) is 5.26 Å². The Morgan fingerprint density at radius 1 is 0.882 bits per heavy atom. The maximum Gasteiger partial charge on any atom is 0.0962 e. The number of benzene rings is 1. The monoisotopic (exact) mass is 219 g/mol. The van der Waals surface area contributed by atoms with Crippen LogP contribution < -0.4 is 0 Å². The lowest BCUT2D eigenvalue weighted by Crippen LogP contribution is -1.98. The van der Waals surface area contributed by atoms with Gasteiger partial charge in [0.05, 0.1) is 12.0 Å². The molecular formula is C16H13N. The second kappa shape index (κ2) is 5.67. The molecule has 0 fully saturated rings. The van der Waals surface area contributed by atoms with E-state index in [2.05, 4.69) is 6.07 Å². The van der Waals surface area contributed by atoms with Gasteiger partial charge in [-0.3, -0.25) is 0 Å². The molecule has 0 heterocycles. The molecule has 1 aliphatic rings. The molecule has 0 radical (unpaired) electrons. The van der Waals surface area contributed by atoms with Crippen molar-refractivity contribution in [3.05, 3.63) is 84.0 Å². The fourth-order valence-corrected chi connectivity index (χ4v) is 1.76. The van der Waals surface area contributed by atoms with E-state index < -0.39 is 0 Å². The van der Waals surface area contributed by atoms with Crippen LogP contribution in [0.25, 0.3) is 0 Å². The molecule has 1 aliphatic carbocycles. The summed E-state index contributed by atoms with van der Waals surface area (Å²) in [5.41, 5.74) is 2.04. The Balaban J connectivity index is 2.34. The van der Waals surface area contributed by atoms with Crippen LogP contribution >= 0.6 is 0 Å². The average Bonchev–Trinajstić information content (AvgIpc) is 2.34. The van der Waals surface area contributed by atoms with Crippen molar-refractivity contribution in [3.63, 3.8) is 0 Å². The molecule has 0 aromatic heterocycles. The van der Waals surface area contributed by atoms with Gasteiger partial charge < -0.3 is 0 Å².